The predicted molar refractivity (Wildman–Crippen MR) is 135 cm³/mol. The highest BCUT2D eigenvalue weighted by atomic mass is 19.4. The van der Waals surface area contributed by atoms with Crippen molar-refractivity contribution in [3.05, 3.63) is 82.9 Å². The lowest BCUT2D eigenvalue weighted by Gasteiger charge is -2.33. The number of halogens is 3. The highest BCUT2D eigenvalue weighted by Crippen LogP contribution is 2.37. The number of alkyl halides is 3. The molecule has 4 aromatic rings. The lowest BCUT2D eigenvalue weighted by molar-refractivity contribution is -0.145. The number of amides is 1. The standard InChI is InChI=1S/C28H26F3N5O2/c1-27(2,3)26(38)35-12-9-23-20(16-35)25(28(29,30)31)34-36(23)19-6-4-5-18(15-19)24(37)14-17-7-8-21-22(13-17)33-11-10-32-21/h4-8,10-11,13,15H,9,12,14,16H2,1-3H3. The third kappa shape index (κ3) is 4.90. The Morgan fingerprint density at radius 3 is 2.42 bits per heavy atom. The number of Topliss-reactive ketones (excluding diaryl/α,β-unsaturated/α-hetero) is 1. The fraction of sp³-hybridized carbons (Fsp3) is 0.321. The molecular formula is C28H26F3N5O2. The van der Waals surface area contributed by atoms with Gasteiger partial charge in [-0.05, 0) is 29.8 Å². The number of carbonyl (C=O) groups excluding carboxylic acids is 2. The maximum Gasteiger partial charge on any atom is 0.435 e. The van der Waals surface area contributed by atoms with Crippen LogP contribution in [0.2, 0.25) is 0 Å². The first kappa shape index (κ1) is 25.6. The van der Waals surface area contributed by atoms with E-state index in [1.54, 1.807) is 69.6 Å². The van der Waals surface area contributed by atoms with Crippen molar-refractivity contribution in [2.45, 2.75) is 46.3 Å². The first-order valence-corrected chi connectivity index (χ1v) is 12.2. The topological polar surface area (TPSA) is 81.0 Å². The summed E-state index contributed by atoms with van der Waals surface area (Å²) >= 11 is 0. The van der Waals surface area contributed by atoms with Gasteiger partial charge >= 0.3 is 6.18 Å². The normalized spacial score (nSPS) is 14.0. The number of aromatic nitrogens is 4. The van der Waals surface area contributed by atoms with Crippen molar-refractivity contribution in [3.63, 3.8) is 0 Å². The zero-order chi connectivity index (χ0) is 27.2. The molecule has 2 aromatic heterocycles. The number of benzene rings is 2. The quantitative estimate of drug-likeness (QED) is 0.345. The Balaban J connectivity index is 1.46. The van der Waals surface area contributed by atoms with E-state index in [-0.39, 0.29) is 43.2 Å². The van der Waals surface area contributed by atoms with Crippen LogP contribution in [0, 0.1) is 5.41 Å². The van der Waals surface area contributed by atoms with E-state index >= 15 is 0 Å². The van der Waals surface area contributed by atoms with Crippen LogP contribution >= 0.6 is 0 Å². The Labute approximate surface area is 217 Å². The zero-order valence-corrected chi connectivity index (χ0v) is 21.2. The smallest absolute Gasteiger partial charge is 0.337 e. The molecule has 5 rings (SSSR count). The number of fused-ring (bicyclic) bond motifs is 2. The fourth-order valence-electron chi connectivity index (χ4n) is 4.73. The summed E-state index contributed by atoms with van der Waals surface area (Å²) in [6, 6.07) is 11.9. The van der Waals surface area contributed by atoms with Crippen LogP contribution in [0.5, 0.6) is 0 Å². The Bertz CT molecular complexity index is 1550. The van der Waals surface area contributed by atoms with Crippen LogP contribution in [-0.2, 0) is 30.4 Å². The van der Waals surface area contributed by atoms with E-state index in [0.29, 0.717) is 22.5 Å². The van der Waals surface area contributed by atoms with Gasteiger partial charge in [0.15, 0.2) is 11.5 Å². The van der Waals surface area contributed by atoms with Gasteiger partial charge in [0.2, 0.25) is 5.91 Å². The molecule has 0 N–H and O–H groups in total. The maximum atomic E-state index is 14.0. The minimum Gasteiger partial charge on any atom is -0.337 e. The maximum absolute atomic E-state index is 14.0. The van der Waals surface area contributed by atoms with Gasteiger partial charge < -0.3 is 4.90 Å². The first-order valence-electron chi connectivity index (χ1n) is 12.2. The lowest BCUT2D eigenvalue weighted by atomic mass is 9.93. The molecule has 0 bridgehead atoms. The summed E-state index contributed by atoms with van der Waals surface area (Å²) in [5, 5.41) is 3.94. The monoisotopic (exact) mass is 521 g/mol. The SMILES string of the molecule is CC(C)(C)C(=O)N1CCc2c(c(C(F)(F)F)nn2-c2cccc(C(=O)Cc3ccc4nccnc4c3)c2)C1. The molecule has 0 unspecified atom stereocenters. The molecule has 0 aliphatic carbocycles. The van der Waals surface area contributed by atoms with E-state index in [2.05, 4.69) is 15.1 Å². The van der Waals surface area contributed by atoms with E-state index in [1.165, 1.54) is 9.58 Å². The molecule has 196 valence electrons. The number of ketones is 1. The Morgan fingerprint density at radius 1 is 0.974 bits per heavy atom. The van der Waals surface area contributed by atoms with Crippen molar-refractivity contribution in [1.82, 2.24) is 24.6 Å². The number of hydrogen-bond acceptors (Lipinski definition) is 5. The third-order valence-corrected chi connectivity index (χ3v) is 6.57. The van der Waals surface area contributed by atoms with Crippen molar-refractivity contribution in [1.29, 1.82) is 0 Å². The van der Waals surface area contributed by atoms with Crippen LogP contribution in [0.25, 0.3) is 16.7 Å². The molecule has 0 fully saturated rings. The van der Waals surface area contributed by atoms with E-state index < -0.39 is 17.3 Å². The van der Waals surface area contributed by atoms with Crippen LogP contribution in [0.1, 0.15) is 53.6 Å². The van der Waals surface area contributed by atoms with Gasteiger partial charge in [-0.2, -0.15) is 18.3 Å². The Hall–Kier alpha value is -4.08. The highest BCUT2D eigenvalue weighted by Gasteiger charge is 2.42. The molecule has 3 heterocycles. The molecule has 0 radical (unpaired) electrons. The van der Waals surface area contributed by atoms with Crippen molar-refractivity contribution in [3.8, 4) is 5.69 Å². The lowest BCUT2D eigenvalue weighted by Crippen LogP contribution is -2.42. The Kier molecular flexibility index (Phi) is 6.28. The summed E-state index contributed by atoms with van der Waals surface area (Å²) < 4.78 is 43.2. The molecule has 0 atom stereocenters. The van der Waals surface area contributed by atoms with E-state index in [0.717, 1.165) is 11.1 Å². The fourth-order valence-corrected chi connectivity index (χ4v) is 4.73. The van der Waals surface area contributed by atoms with Crippen molar-refractivity contribution in [2.24, 2.45) is 5.41 Å². The third-order valence-electron chi connectivity index (χ3n) is 6.57. The number of hydrogen-bond donors (Lipinski definition) is 0. The van der Waals surface area contributed by atoms with Gasteiger partial charge in [0.05, 0.1) is 22.4 Å². The van der Waals surface area contributed by atoms with E-state index in [4.69, 9.17) is 0 Å². The summed E-state index contributed by atoms with van der Waals surface area (Å²) in [6.45, 7) is 5.35. The van der Waals surface area contributed by atoms with Crippen molar-refractivity contribution >= 4 is 22.7 Å². The molecule has 1 aliphatic rings. The zero-order valence-electron chi connectivity index (χ0n) is 21.2. The van der Waals surface area contributed by atoms with Gasteiger partial charge in [0.25, 0.3) is 0 Å². The summed E-state index contributed by atoms with van der Waals surface area (Å²) in [4.78, 5) is 35.8. The Morgan fingerprint density at radius 2 is 1.71 bits per heavy atom. The number of rotatable bonds is 4. The van der Waals surface area contributed by atoms with Gasteiger partial charge in [-0.1, -0.05) is 39.0 Å². The molecule has 38 heavy (non-hydrogen) atoms. The predicted octanol–water partition coefficient (Wildman–Crippen LogP) is 5.19. The van der Waals surface area contributed by atoms with Crippen LogP contribution in [0.4, 0.5) is 13.2 Å². The van der Waals surface area contributed by atoms with Crippen LogP contribution < -0.4 is 0 Å². The van der Waals surface area contributed by atoms with Crippen LogP contribution in [0.3, 0.4) is 0 Å². The average Bonchev–Trinajstić information content (AvgIpc) is 3.27. The summed E-state index contributed by atoms with van der Waals surface area (Å²) in [6.07, 6.45) is -1.19. The average molecular weight is 522 g/mol. The second-order valence-electron chi connectivity index (χ2n) is 10.4. The molecule has 0 saturated heterocycles. The summed E-state index contributed by atoms with van der Waals surface area (Å²) in [7, 11) is 0. The molecule has 2 aromatic carbocycles. The molecule has 0 spiro atoms. The van der Waals surface area contributed by atoms with Crippen molar-refractivity contribution in [2.75, 3.05) is 6.54 Å². The van der Waals surface area contributed by atoms with Gasteiger partial charge in [-0.3, -0.25) is 19.6 Å². The van der Waals surface area contributed by atoms with Crippen LogP contribution in [0.15, 0.2) is 54.9 Å². The summed E-state index contributed by atoms with van der Waals surface area (Å²) in [5.41, 5.74) is 1.55. The summed E-state index contributed by atoms with van der Waals surface area (Å²) in [5.74, 6) is -0.398. The molecular weight excluding hydrogens is 495 g/mol. The van der Waals surface area contributed by atoms with Gasteiger partial charge in [0.1, 0.15) is 0 Å². The molecule has 10 heteroatoms. The molecule has 0 saturated carbocycles. The van der Waals surface area contributed by atoms with E-state index in [9.17, 15) is 22.8 Å². The van der Waals surface area contributed by atoms with Gasteiger partial charge in [0, 0.05) is 54.9 Å². The number of nitrogens with zero attached hydrogens (tertiary/aromatic N) is 5. The van der Waals surface area contributed by atoms with Crippen molar-refractivity contribution < 1.29 is 22.8 Å². The minimum atomic E-state index is -4.68. The largest absolute Gasteiger partial charge is 0.435 e. The molecule has 1 amide bonds. The number of carbonyl (C=O) groups is 2. The molecule has 1 aliphatic heterocycles. The minimum absolute atomic E-state index is 0.00430. The second-order valence-corrected chi connectivity index (χ2v) is 10.4. The second kappa shape index (κ2) is 9.34. The molecule has 7 nitrogen and oxygen atoms in total. The van der Waals surface area contributed by atoms with Gasteiger partial charge in [-0.15, -0.1) is 0 Å². The van der Waals surface area contributed by atoms with Crippen LogP contribution in [-0.4, -0.2) is 42.9 Å². The van der Waals surface area contributed by atoms with E-state index in [1.807, 2.05) is 6.07 Å². The van der Waals surface area contributed by atoms with Gasteiger partial charge in [-0.25, -0.2) is 4.68 Å². The highest BCUT2D eigenvalue weighted by molar-refractivity contribution is 5.98. The first-order chi connectivity index (χ1) is 17.9.